The lowest BCUT2D eigenvalue weighted by Crippen LogP contribution is -2.37. The van der Waals surface area contributed by atoms with Crippen molar-refractivity contribution in [3.05, 3.63) is 23.7 Å². The minimum atomic E-state index is -0.895. The Morgan fingerprint density at radius 1 is 1.47 bits per heavy atom. The molecule has 106 valence electrons. The fraction of sp³-hybridized carbons (Fsp3) is 0.538. The normalized spacial score (nSPS) is 12.4. The summed E-state index contributed by atoms with van der Waals surface area (Å²) >= 11 is 0. The van der Waals surface area contributed by atoms with E-state index in [1.54, 1.807) is 0 Å². The summed E-state index contributed by atoms with van der Waals surface area (Å²) in [7, 11) is 1.29. The van der Waals surface area contributed by atoms with Crippen LogP contribution in [-0.2, 0) is 16.1 Å². The minimum absolute atomic E-state index is 0.251. The molecule has 6 heteroatoms. The molecule has 0 aliphatic heterocycles. The first kappa shape index (κ1) is 15.2. The summed E-state index contributed by atoms with van der Waals surface area (Å²) in [6, 6.07) is 0.902. The first-order chi connectivity index (χ1) is 8.93. The highest BCUT2D eigenvalue weighted by Crippen LogP contribution is 2.10. The zero-order valence-electron chi connectivity index (χ0n) is 11.3. The molecule has 1 rings (SSSR count). The third-order valence-corrected chi connectivity index (χ3v) is 2.60. The molecule has 0 spiro atoms. The lowest BCUT2D eigenvalue weighted by Gasteiger charge is -2.15. The van der Waals surface area contributed by atoms with Crippen LogP contribution in [0.2, 0.25) is 0 Å². The van der Waals surface area contributed by atoms with E-state index in [0.717, 1.165) is 0 Å². The minimum Gasteiger partial charge on any atom is -0.480 e. The van der Waals surface area contributed by atoms with E-state index in [-0.39, 0.29) is 12.5 Å². The Morgan fingerprint density at radius 3 is 2.68 bits per heavy atom. The van der Waals surface area contributed by atoms with E-state index in [1.807, 2.05) is 13.8 Å². The number of carbonyl (C=O) groups excluding carboxylic acids is 1. The first-order valence-electron chi connectivity index (χ1n) is 6.06. The maximum Gasteiger partial charge on any atom is 0.341 e. The second-order valence-electron chi connectivity index (χ2n) is 4.69. The van der Waals surface area contributed by atoms with Crippen LogP contribution < -0.4 is 5.32 Å². The molecule has 6 nitrogen and oxygen atoms in total. The molecule has 19 heavy (non-hydrogen) atoms. The van der Waals surface area contributed by atoms with Crippen LogP contribution in [0.5, 0.6) is 0 Å². The molecule has 0 bridgehead atoms. The van der Waals surface area contributed by atoms with Crippen molar-refractivity contribution < 1.29 is 23.8 Å². The molecular weight excluding hydrogens is 250 g/mol. The van der Waals surface area contributed by atoms with Crippen molar-refractivity contribution in [2.75, 3.05) is 7.11 Å². The molecule has 1 aromatic heterocycles. The van der Waals surface area contributed by atoms with Crippen molar-refractivity contribution >= 4 is 11.9 Å². The van der Waals surface area contributed by atoms with Gasteiger partial charge in [-0.1, -0.05) is 13.8 Å². The van der Waals surface area contributed by atoms with Gasteiger partial charge in [0.1, 0.15) is 18.1 Å². The molecule has 1 atom stereocenters. The number of rotatable bonds is 7. The van der Waals surface area contributed by atoms with Gasteiger partial charge in [0.25, 0.3) is 0 Å². The summed E-state index contributed by atoms with van der Waals surface area (Å²) in [5.41, 5.74) is 0.315. The second-order valence-corrected chi connectivity index (χ2v) is 4.69. The summed E-state index contributed by atoms with van der Waals surface area (Å²) in [5, 5.41) is 12.0. The predicted molar refractivity (Wildman–Crippen MR) is 67.8 cm³/mol. The standard InChI is InChI=1S/C13H19NO5/c1-8(2)4-11(12(15)16)14-6-10-5-9(7-19-10)13(17)18-3/h5,7-8,11,14H,4,6H2,1-3H3,(H,15,16). The van der Waals surface area contributed by atoms with Gasteiger partial charge in [0.05, 0.1) is 19.2 Å². The average molecular weight is 269 g/mol. The van der Waals surface area contributed by atoms with Crippen LogP contribution in [0.1, 0.15) is 36.4 Å². The summed E-state index contributed by atoms with van der Waals surface area (Å²) in [6.07, 6.45) is 1.82. The molecule has 2 N–H and O–H groups in total. The number of carbonyl (C=O) groups is 2. The maximum atomic E-state index is 11.2. The zero-order chi connectivity index (χ0) is 14.4. The highest BCUT2D eigenvalue weighted by atomic mass is 16.5. The Hall–Kier alpha value is -1.82. The van der Waals surface area contributed by atoms with Crippen molar-refractivity contribution in [1.29, 1.82) is 0 Å². The fourth-order valence-corrected chi connectivity index (χ4v) is 1.66. The van der Waals surface area contributed by atoms with Gasteiger partial charge in [-0.25, -0.2) is 4.79 Å². The number of carboxylic acids is 1. The van der Waals surface area contributed by atoms with Crippen LogP contribution in [0.15, 0.2) is 16.7 Å². The summed E-state index contributed by atoms with van der Waals surface area (Å²) < 4.78 is 9.72. The third kappa shape index (κ3) is 4.75. The molecule has 0 aromatic carbocycles. The second kappa shape index (κ2) is 6.94. The van der Waals surface area contributed by atoms with Gasteiger partial charge in [-0.2, -0.15) is 0 Å². The number of aliphatic carboxylic acids is 1. The SMILES string of the molecule is COC(=O)c1coc(CNC(CC(C)C)C(=O)O)c1. The number of furan rings is 1. The number of carboxylic acid groups (broad SMARTS) is 1. The lowest BCUT2D eigenvalue weighted by molar-refractivity contribution is -0.140. The highest BCUT2D eigenvalue weighted by molar-refractivity contribution is 5.88. The molecule has 1 unspecified atom stereocenters. The van der Waals surface area contributed by atoms with E-state index in [9.17, 15) is 9.59 Å². The fourth-order valence-electron chi connectivity index (χ4n) is 1.66. The van der Waals surface area contributed by atoms with Gasteiger partial charge < -0.3 is 14.3 Å². The van der Waals surface area contributed by atoms with Gasteiger partial charge in [0, 0.05) is 0 Å². The quantitative estimate of drug-likeness (QED) is 0.732. The summed E-state index contributed by atoms with van der Waals surface area (Å²) in [5.74, 6) is -0.605. The van der Waals surface area contributed by atoms with Crippen molar-refractivity contribution in [2.45, 2.75) is 32.9 Å². The van der Waals surface area contributed by atoms with Gasteiger partial charge in [-0.3, -0.25) is 10.1 Å². The van der Waals surface area contributed by atoms with Gasteiger partial charge in [-0.15, -0.1) is 0 Å². The Balaban J connectivity index is 2.57. The van der Waals surface area contributed by atoms with Gasteiger partial charge in [-0.05, 0) is 18.4 Å². The number of methoxy groups -OCH3 is 1. The molecule has 0 amide bonds. The topological polar surface area (TPSA) is 88.8 Å². The van der Waals surface area contributed by atoms with Crippen LogP contribution >= 0.6 is 0 Å². The van der Waals surface area contributed by atoms with Crippen LogP contribution in [-0.4, -0.2) is 30.2 Å². The molecule has 1 aromatic rings. The lowest BCUT2D eigenvalue weighted by atomic mass is 10.0. The van der Waals surface area contributed by atoms with Crippen LogP contribution in [0, 0.1) is 5.92 Å². The molecular formula is C13H19NO5. The number of esters is 1. The average Bonchev–Trinajstić information content (AvgIpc) is 2.81. The number of hydrogen-bond acceptors (Lipinski definition) is 5. The summed E-state index contributed by atoms with van der Waals surface area (Å²) in [6.45, 7) is 4.17. The molecule has 0 radical (unpaired) electrons. The van der Waals surface area contributed by atoms with Gasteiger partial charge >= 0.3 is 11.9 Å². The smallest absolute Gasteiger partial charge is 0.341 e. The molecule has 0 aliphatic rings. The zero-order valence-corrected chi connectivity index (χ0v) is 11.3. The van der Waals surface area contributed by atoms with Crippen molar-refractivity contribution in [1.82, 2.24) is 5.32 Å². The Bertz CT molecular complexity index is 438. The molecule has 1 heterocycles. The van der Waals surface area contributed by atoms with E-state index in [4.69, 9.17) is 9.52 Å². The molecule has 0 aliphatic carbocycles. The van der Waals surface area contributed by atoms with E-state index in [1.165, 1.54) is 19.4 Å². The Labute approximate surface area is 111 Å². The number of hydrogen-bond donors (Lipinski definition) is 2. The van der Waals surface area contributed by atoms with Crippen LogP contribution in [0.25, 0.3) is 0 Å². The molecule has 0 saturated carbocycles. The summed E-state index contributed by atoms with van der Waals surface area (Å²) in [4.78, 5) is 22.3. The van der Waals surface area contributed by atoms with Crippen molar-refractivity contribution in [2.24, 2.45) is 5.92 Å². The van der Waals surface area contributed by atoms with Crippen LogP contribution in [0.3, 0.4) is 0 Å². The number of nitrogens with one attached hydrogen (secondary N) is 1. The monoisotopic (exact) mass is 269 g/mol. The van der Waals surface area contributed by atoms with Crippen LogP contribution in [0.4, 0.5) is 0 Å². The Kier molecular flexibility index (Phi) is 5.57. The highest BCUT2D eigenvalue weighted by Gasteiger charge is 2.19. The Morgan fingerprint density at radius 2 is 2.16 bits per heavy atom. The largest absolute Gasteiger partial charge is 0.480 e. The molecule has 0 fully saturated rings. The van der Waals surface area contributed by atoms with Crippen molar-refractivity contribution in [3.63, 3.8) is 0 Å². The first-order valence-corrected chi connectivity index (χ1v) is 6.06. The van der Waals surface area contributed by atoms with E-state index >= 15 is 0 Å². The van der Waals surface area contributed by atoms with E-state index < -0.39 is 18.0 Å². The predicted octanol–water partition coefficient (Wildman–Crippen LogP) is 1.66. The maximum absolute atomic E-state index is 11.2. The van der Waals surface area contributed by atoms with Gasteiger partial charge in [0.15, 0.2) is 0 Å². The molecule has 0 saturated heterocycles. The van der Waals surface area contributed by atoms with Gasteiger partial charge in [0.2, 0.25) is 0 Å². The van der Waals surface area contributed by atoms with E-state index in [2.05, 4.69) is 10.1 Å². The van der Waals surface area contributed by atoms with Crippen molar-refractivity contribution in [3.8, 4) is 0 Å². The van der Waals surface area contributed by atoms with E-state index in [0.29, 0.717) is 17.7 Å². The third-order valence-electron chi connectivity index (χ3n) is 2.60. The number of ether oxygens (including phenoxy) is 1.